The lowest BCUT2D eigenvalue weighted by molar-refractivity contribution is -0.145. The standard InChI is InChI=1S/C10H19NO3/c1-4-5-6-7-9(12)14-8-10(2,3)11-13/h4-8H2,1-3H3. The Balaban J connectivity index is 3.58. The Hall–Kier alpha value is -0.930. The molecular formula is C10H19NO3. The predicted molar refractivity (Wildman–Crippen MR) is 55.0 cm³/mol. The SMILES string of the molecule is CCCCCC(=O)OCC(C)(C)N=O. The number of ether oxygens (including phenoxy) is 1. The highest BCUT2D eigenvalue weighted by molar-refractivity contribution is 5.69. The number of carbonyl (C=O) groups excluding carboxylic acids is 1. The number of hydrogen-bond acceptors (Lipinski definition) is 4. The van der Waals surface area contributed by atoms with Gasteiger partial charge in [-0.05, 0) is 20.3 Å². The van der Waals surface area contributed by atoms with E-state index in [4.69, 9.17) is 4.74 Å². The number of nitrogens with zero attached hydrogens (tertiary/aromatic N) is 1. The molecule has 0 aliphatic rings. The van der Waals surface area contributed by atoms with E-state index in [9.17, 15) is 9.70 Å². The molecule has 82 valence electrons. The van der Waals surface area contributed by atoms with Crippen LogP contribution in [0.2, 0.25) is 0 Å². The van der Waals surface area contributed by atoms with Gasteiger partial charge in [0.25, 0.3) is 0 Å². The highest BCUT2D eigenvalue weighted by Crippen LogP contribution is 2.09. The zero-order valence-corrected chi connectivity index (χ0v) is 9.21. The zero-order chi connectivity index (χ0) is 11.0. The number of rotatable bonds is 7. The van der Waals surface area contributed by atoms with Crippen LogP contribution < -0.4 is 0 Å². The lowest BCUT2D eigenvalue weighted by Gasteiger charge is -2.14. The molecular weight excluding hydrogens is 182 g/mol. The molecule has 0 aliphatic heterocycles. The summed E-state index contributed by atoms with van der Waals surface area (Å²) in [5.41, 5.74) is -0.805. The molecule has 14 heavy (non-hydrogen) atoms. The summed E-state index contributed by atoms with van der Waals surface area (Å²) < 4.78 is 4.91. The van der Waals surface area contributed by atoms with Crippen LogP contribution >= 0.6 is 0 Å². The Morgan fingerprint density at radius 2 is 2.00 bits per heavy atom. The van der Waals surface area contributed by atoms with E-state index < -0.39 is 5.54 Å². The molecule has 0 saturated carbocycles. The molecule has 0 atom stereocenters. The van der Waals surface area contributed by atoms with E-state index in [0.29, 0.717) is 6.42 Å². The molecule has 0 aromatic heterocycles. The van der Waals surface area contributed by atoms with Gasteiger partial charge in [0.05, 0.1) is 0 Å². The van der Waals surface area contributed by atoms with E-state index >= 15 is 0 Å². The van der Waals surface area contributed by atoms with E-state index in [2.05, 4.69) is 12.1 Å². The third kappa shape index (κ3) is 6.57. The maximum Gasteiger partial charge on any atom is 0.305 e. The molecule has 4 nitrogen and oxygen atoms in total. The van der Waals surface area contributed by atoms with E-state index in [1.165, 1.54) is 0 Å². The van der Waals surface area contributed by atoms with E-state index in [1.807, 2.05) is 0 Å². The van der Waals surface area contributed by atoms with Gasteiger partial charge >= 0.3 is 5.97 Å². The molecule has 0 N–H and O–H groups in total. The van der Waals surface area contributed by atoms with Crippen molar-refractivity contribution in [2.75, 3.05) is 6.61 Å². The fraction of sp³-hybridized carbons (Fsp3) is 0.900. The molecule has 0 aromatic rings. The zero-order valence-electron chi connectivity index (χ0n) is 9.21. The van der Waals surface area contributed by atoms with Crippen LogP contribution in [0.5, 0.6) is 0 Å². The van der Waals surface area contributed by atoms with E-state index in [1.54, 1.807) is 13.8 Å². The van der Waals surface area contributed by atoms with Gasteiger partial charge in [0.1, 0.15) is 12.1 Å². The summed E-state index contributed by atoms with van der Waals surface area (Å²) in [6.45, 7) is 5.42. The van der Waals surface area contributed by atoms with E-state index in [0.717, 1.165) is 19.3 Å². The Morgan fingerprint density at radius 3 is 2.50 bits per heavy atom. The molecule has 0 aliphatic carbocycles. The van der Waals surface area contributed by atoms with Crippen molar-refractivity contribution in [3.8, 4) is 0 Å². The number of nitroso groups, excluding NO2 is 1. The molecule has 0 rings (SSSR count). The smallest absolute Gasteiger partial charge is 0.305 e. The number of esters is 1. The monoisotopic (exact) mass is 201 g/mol. The first-order valence-corrected chi connectivity index (χ1v) is 5.02. The van der Waals surface area contributed by atoms with Crippen LogP contribution in [0.1, 0.15) is 46.5 Å². The first-order valence-electron chi connectivity index (χ1n) is 5.02. The molecule has 4 heteroatoms. The normalized spacial score (nSPS) is 11.1. The molecule has 0 saturated heterocycles. The minimum absolute atomic E-state index is 0.0709. The highest BCUT2D eigenvalue weighted by Gasteiger charge is 2.20. The van der Waals surface area contributed by atoms with Crippen LogP contribution in [0.3, 0.4) is 0 Å². The summed E-state index contributed by atoms with van der Waals surface area (Å²) in [7, 11) is 0. The third-order valence-corrected chi connectivity index (χ3v) is 1.82. The molecule has 0 aromatic carbocycles. The van der Waals surface area contributed by atoms with Gasteiger partial charge in [0.15, 0.2) is 0 Å². The van der Waals surface area contributed by atoms with Crippen molar-refractivity contribution in [3.05, 3.63) is 4.91 Å². The van der Waals surface area contributed by atoms with Crippen molar-refractivity contribution in [2.24, 2.45) is 5.18 Å². The van der Waals surface area contributed by atoms with Crippen LogP contribution in [-0.4, -0.2) is 18.1 Å². The van der Waals surface area contributed by atoms with Gasteiger partial charge in [-0.15, -0.1) is 0 Å². The Kier molecular flexibility index (Phi) is 6.08. The van der Waals surface area contributed by atoms with Gasteiger partial charge in [0.2, 0.25) is 0 Å². The second-order valence-electron chi connectivity index (χ2n) is 4.02. The second kappa shape index (κ2) is 6.51. The Bertz CT molecular complexity index is 190. The van der Waals surface area contributed by atoms with Crippen molar-refractivity contribution in [3.63, 3.8) is 0 Å². The van der Waals surface area contributed by atoms with Gasteiger partial charge in [-0.3, -0.25) is 4.79 Å². The summed E-state index contributed by atoms with van der Waals surface area (Å²) in [6.07, 6.45) is 3.39. The largest absolute Gasteiger partial charge is 0.463 e. The summed E-state index contributed by atoms with van der Waals surface area (Å²) in [4.78, 5) is 21.4. The van der Waals surface area contributed by atoms with Crippen LogP contribution in [0.25, 0.3) is 0 Å². The molecule has 0 unspecified atom stereocenters. The number of hydrogen-bond donors (Lipinski definition) is 0. The molecule has 0 heterocycles. The van der Waals surface area contributed by atoms with Gasteiger partial charge in [-0.2, -0.15) is 4.91 Å². The van der Waals surface area contributed by atoms with Crippen LogP contribution in [0.15, 0.2) is 5.18 Å². The third-order valence-electron chi connectivity index (χ3n) is 1.82. The van der Waals surface area contributed by atoms with Gasteiger partial charge < -0.3 is 4.74 Å². The summed E-state index contributed by atoms with van der Waals surface area (Å²) in [6, 6.07) is 0. The second-order valence-corrected chi connectivity index (χ2v) is 4.02. The minimum atomic E-state index is -0.805. The maximum atomic E-state index is 11.1. The Morgan fingerprint density at radius 1 is 1.36 bits per heavy atom. The summed E-state index contributed by atoms with van der Waals surface area (Å²) in [5, 5.41) is 2.86. The van der Waals surface area contributed by atoms with Gasteiger partial charge in [-0.1, -0.05) is 24.9 Å². The highest BCUT2D eigenvalue weighted by atomic mass is 16.5. The van der Waals surface area contributed by atoms with Crippen LogP contribution in [-0.2, 0) is 9.53 Å². The van der Waals surface area contributed by atoms with Crippen molar-refractivity contribution < 1.29 is 9.53 Å². The van der Waals surface area contributed by atoms with E-state index in [-0.39, 0.29) is 12.6 Å². The number of carbonyl (C=O) groups is 1. The van der Waals surface area contributed by atoms with Gasteiger partial charge in [0, 0.05) is 6.42 Å². The lowest BCUT2D eigenvalue weighted by atomic mass is 10.1. The topological polar surface area (TPSA) is 55.7 Å². The molecule has 0 spiro atoms. The minimum Gasteiger partial charge on any atom is -0.463 e. The Labute approximate surface area is 85.0 Å². The molecule has 0 bridgehead atoms. The lowest BCUT2D eigenvalue weighted by Crippen LogP contribution is -2.25. The van der Waals surface area contributed by atoms with Crippen molar-refractivity contribution in [1.29, 1.82) is 0 Å². The average Bonchev–Trinajstić information content (AvgIpc) is 2.16. The van der Waals surface area contributed by atoms with Crippen LogP contribution in [0.4, 0.5) is 0 Å². The molecule has 0 fully saturated rings. The molecule has 0 amide bonds. The first-order chi connectivity index (χ1) is 6.52. The molecule has 0 radical (unpaired) electrons. The van der Waals surface area contributed by atoms with Gasteiger partial charge in [-0.25, -0.2) is 0 Å². The maximum absolute atomic E-state index is 11.1. The van der Waals surface area contributed by atoms with Crippen molar-refractivity contribution in [1.82, 2.24) is 0 Å². The predicted octanol–water partition coefficient (Wildman–Crippen LogP) is 2.65. The van der Waals surface area contributed by atoms with Crippen molar-refractivity contribution in [2.45, 2.75) is 52.0 Å². The summed E-state index contributed by atoms with van der Waals surface area (Å²) >= 11 is 0. The number of unbranched alkanes of at least 4 members (excludes halogenated alkanes) is 2. The summed E-state index contributed by atoms with van der Waals surface area (Å²) in [5.74, 6) is -0.241. The fourth-order valence-corrected chi connectivity index (χ4v) is 0.875. The average molecular weight is 201 g/mol. The van der Waals surface area contributed by atoms with Crippen LogP contribution in [0, 0.1) is 4.91 Å². The fourth-order valence-electron chi connectivity index (χ4n) is 0.875. The first kappa shape index (κ1) is 13.1. The quantitative estimate of drug-likeness (QED) is 0.361. The van der Waals surface area contributed by atoms with Crippen molar-refractivity contribution >= 4 is 5.97 Å².